The Kier molecular flexibility index (Phi) is 4.47. The first kappa shape index (κ1) is 14.4. The highest BCUT2D eigenvalue weighted by molar-refractivity contribution is 5.78. The molecule has 1 atom stereocenters. The molecule has 3 rings (SSSR count). The number of aliphatic hydroxyl groups excluding tert-OH is 1. The quantitative estimate of drug-likeness (QED) is 0.615. The van der Waals surface area contributed by atoms with Gasteiger partial charge in [0, 0.05) is 38.8 Å². The maximum Gasteiger partial charge on any atom is 0.236 e. The lowest BCUT2D eigenvalue weighted by Crippen LogP contribution is -2.42. The van der Waals surface area contributed by atoms with Gasteiger partial charge in [-0.1, -0.05) is 0 Å². The van der Waals surface area contributed by atoms with Gasteiger partial charge in [0.1, 0.15) is 0 Å². The fraction of sp³-hybridized carbons (Fsp3) is 0.769. The van der Waals surface area contributed by atoms with Gasteiger partial charge in [-0.3, -0.25) is 9.69 Å². The number of nitrogens with zero attached hydrogens (tertiary/aromatic N) is 4. The summed E-state index contributed by atoms with van der Waals surface area (Å²) >= 11 is 0. The van der Waals surface area contributed by atoms with E-state index >= 15 is 0 Å². The topological polar surface area (TPSA) is 97.4 Å². The standard InChI is InChI=1S/C13H22N6O2/c20-12-8-18(7-11-5-15-17-16-11)3-4-19(9-12)13(21)6-14-10-1-2-10/h5,10,12,14,20H,1-4,6-9H2,(H,15,16,17)/t12-/m1/s1. The van der Waals surface area contributed by atoms with Crippen molar-refractivity contribution in [2.45, 2.75) is 31.5 Å². The van der Waals surface area contributed by atoms with Crippen LogP contribution >= 0.6 is 0 Å². The molecule has 1 amide bonds. The number of aliphatic hydroxyl groups is 1. The fourth-order valence-corrected chi connectivity index (χ4v) is 2.59. The lowest BCUT2D eigenvalue weighted by molar-refractivity contribution is -0.131. The molecule has 0 radical (unpaired) electrons. The summed E-state index contributed by atoms with van der Waals surface area (Å²) in [7, 11) is 0. The Morgan fingerprint density at radius 3 is 3.00 bits per heavy atom. The van der Waals surface area contributed by atoms with Crippen molar-refractivity contribution in [1.82, 2.24) is 30.5 Å². The van der Waals surface area contributed by atoms with Crippen LogP contribution in [0, 0.1) is 0 Å². The molecule has 2 heterocycles. The number of hydrogen-bond acceptors (Lipinski definition) is 6. The zero-order valence-corrected chi connectivity index (χ0v) is 12.0. The van der Waals surface area contributed by atoms with E-state index in [1.807, 2.05) is 0 Å². The molecule has 1 aromatic heterocycles. The molecule has 1 aliphatic heterocycles. The highest BCUT2D eigenvalue weighted by Crippen LogP contribution is 2.18. The Hall–Kier alpha value is -1.51. The van der Waals surface area contributed by atoms with Gasteiger partial charge in [-0.15, -0.1) is 0 Å². The van der Waals surface area contributed by atoms with E-state index in [9.17, 15) is 9.90 Å². The number of hydrogen-bond donors (Lipinski definition) is 3. The summed E-state index contributed by atoms with van der Waals surface area (Å²) in [5, 5.41) is 23.7. The molecule has 1 aromatic rings. The second-order valence-electron chi connectivity index (χ2n) is 5.85. The second kappa shape index (κ2) is 6.50. The van der Waals surface area contributed by atoms with Gasteiger partial charge in [-0.05, 0) is 12.8 Å². The van der Waals surface area contributed by atoms with E-state index in [1.165, 1.54) is 12.8 Å². The number of aromatic nitrogens is 3. The molecule has 1 saturated heterocycles. The van der Waals surface area contributed by atoms with Gasteiger partial charge >= 0.3 is 0 Å². The third kappa shape index (κ3) is 4.23. The van der Waals surface area contributed by atoms with E-state index in [4.69, 9.17) is 0 Å². The number of β-amino-alcohol motifs (C(OH)–C–C–N with tert-alkyl or cyclic N) is 1. The Labute approximate surface area is 123 Å². The van der Waals surface area contributed by atoms with Crippen molar-refractivity contribution in [3.05, 3.63) is 11.9 Å². The van der Waals surface area contributed by atoms with Crippen molar-refractivity contribution in [1.29, 1.82) is 0 Å². The zero-order chi connectivity index (χ0) is 14.7. The highest BCUT2D eigenvalue weighted by atomic mass is 16.3. The third-order valence-corrected chi connectivity index (χ3v) is 3.91. The first-order valence-corrected chi connectivity index (χ1v) is 7.47. The molecule has 21 heavy (non-hydrogen) atoms. The van der Waals surface area contributed by atoms with E-state index in [0.717, 1.165) is 12.2 Å². The van der Waals surface area contributed by atoms with E-state index in [0.29, 0.717) is 38.8 Å². The number of carbonyl (C=O) groups is 1. The molecule has 8 heteroatoms. The van der Waals surface area contributed by atoms with Gasteiger partial charge in [0.2, 0.25) is 5.91 Å². The molecule has 1 aliphatic carbocycles. The smallest absolute Gasteiger partial charge is 0.236 e. The molecule has 2 aliphatic rings. The van der Waals surface area contributed by atoms with Gasteiger partial charge in [-0.2, -0.15) is 15.4 Å². The van der Waals surface area contributed by atoms with Crippen molar-refractivity contribution in [3.8, 4) is 0 Å². The number of rotatable bonds is 5. The summed E-state index contributed by atoms with van der Waals surface area (Å²) in [5.41, 5.74) is 0.845. The van der Waals surface area contributed by atoms with Crippen LogP contribution in [0.25, 0.3) is 0 Å². The molecule has 116 valence electrons. The highest BCUT2D eigenvalue weighted by Gasteiger charge is 2.26. The van der Waals surface area contributed by atoms with Crippen LogP contribution in [0.15, 0.2) is 6.20 Å². The Morgan fingerprint density at radius 2 is 2.29 bits per heavy atom. The van der Waals surface area contributed by atoms with Crippen LogP contribution in [-0.2, 0) is 11.3 Å². The zero-order valence-electron chi connectivity index (χ0n) is 12.0. The van der Waals surface area contributed by atoms with E-state index in [2.05, 4.69) is 25.6 Å². The number of aromatic amines is 1. The van der Waals surface area contributed by atoms with Crippen LogP contribution in [0.1, 0.15) is 18.5 Å². The van der Waals surface area contributed by atoms with E-state index in [1.54, 1.807) is 11.1 Å². The van der Waals surface area contributed by atoms with Crippen LogP contribution in [0.3, 0.4) is 0 Å². The van der Waals surface area contributed by atoms with Crippen LogP contribution in [-0.4, -0.2) is 81.1 Å². The van der Waals surface area contributed by atoms with Gasteiger partial charge in [-0.25, -0.2) is 0 Å². The molecule has 8 nitrogen and oxygen atoms in total. The molecule has 0 bridgehead atoms. The summed E-state index contributed by atoms with van der Waals surface area (Å²) in [5.74, 6) is 0.0734. The Morgan fingerprint density at radius 1 is 1.43 bits per heavy atom. The van der Waals surface area contributed by atoms with Gasteiger partial charge < -0.3 is 15.3 Å². The fourth-order valence-electron chi connectivity index (χ4n) is 2.59. The van der Waals surface area contributed by atoms with Gasteiger partial charge in [0.15, 0.2) is 0 Å². The van der Waals surface area contributed by atoms with Crippen molar-refractivity contribution < 1.29 is 9.90 Å². The SMILES string of the molecule is O=C(CNC1CC1)N1CCN(Cc2cn[nH]n2)C[C@@H](O)C1. The molecular weight excluding hydrogens is 272 g/mol. The summed E-state index contributed by atoms with van der Waals surface area (Å²) < 4.78 is 0. The predicted molar refractivity (Wildman–Crippen MR) is 75.3 cm³/mol. The molecule has 2 fully saturated rings. The monoisotopic (exact) mass is 294 g/mol. The molecule has 3 N–H and O–H groups in total. The minimum Gasteiger partial charge on any atom is -0.390 e. The molecule has 0 spiro atoms. The van der Waals surface area contributed by atoms with Crippen molar-refractivity contribution in [2.75, 3.05) is 32.7 Å². The number of amides is 1. The number of nitrogens with one attached hydrogen (secondary N) is 2. The van der Waals surface area contributed by atoms with Crippen LogP contribution in [0.4, 0.5) is 0 Å². The minimum atomic E-state index is -0.524. The molecule has 1 saturated carbocycles. The molecule has 0 aromatic carbocycles. The summed E-state index contributed by atoms with van der Waals surface area (Å²) in [4.78, 5) is 16.0. The van der Waals surface area contributed by atoms with Crippen LogP contribution in [0.2, 0.25) is 0 Å². The second-order valence-corrected chi connectivity index (χ2v) is 5.85. The van der Waals surface area contributed by atoms with Crippen molar-refractivity contribution in [2.24, 2.45) is 0 Å². The number of carbonyl (C=O) groups excluding carboxylic acids is 1. The average Bonchev–Trinajstić information content (AvgIpc) is 3.19. The largest absolute Gasteiger partial charge is 0.390 e. The predicted octanol–water partition coefficient (Wildman–Crippen LogP) is -1.44. The lowest BCUT2D eigenvalue weighted by atomic mass is 10.3. The first-order valence-electron chi connectivity index (χ1n) is 7.47. The van der Waals surface area contributed by atoms with E-state index < -0.39 is 6.10 Å². The maximum absolute atomic E-state index is 12.2. The number of H-pyrrole nitrogens is 1. The summed E-state index contributed by atoms with van der Waals surface area (Å²) in [6.45, 7) is 3.34. The minimum absolute atomic E-state index is 0.0734. The normalized spacial score (nSPS) is 24.0. The Bertz CT molecular complexity index is 461. The van der Waals surface area contributed by atoms with Crippen LogP contribution < -0.4 is 5.32 Å². The third-order valence-electron chi connectivity index (χ3n) is 3.91. The maximum atomic E-state index is 12.2. The van der Waals surface area contributed by atoms with Crippen molar-refractivity contribution in [3.63, 3.8) is 0 Å². The van der Waals surface area contributed by atoms with Gasteiger partial charge in [0.05, 0.1) is 24.5 Å². The summed E-state index contributed by atoms with van der Waals surface area (Å²) in [6.07, 6.45) is 3.49. The molecule has 0 unspecified atom stereocenters. The lowest BCUT2D eigenvalue weighted by Gasteiger charge is -2.22. The van der Waals surface area contributed by atoms with Crippen molar-refractivity contribution >= 4 is 5.91 Å². The van der Waals surface area contributed by atoms with Gasteiger partial charge in [0.25, 0.3) is 0 Å². The van der Waals surface area contributed by atoms with E-state index in [-0.39, 0.29) is 5.91 Å². The molecular formula is C13H22N6O2. The first-order chi connectivity index (χ1) is 10.2. The van der Waals surface area contributed by atoms with Crippen LogP contribution in [0.5, 0.6) is 0 Å². The average molecular weight is 294 g/mol. The summed E-state index contributed by atoms with van der Waals surface area (Å²) in [6, 6.07) is 0.523. The Balaban J connectivity index is 1.50.